The highest BCUT2D eigenvalue weighted by atomic mass is 16.8. The summed E-state index contributed by atoms with van der Waals surface area (Å²) in [5.41, 5.74) is 4.48. The van der Waals surface area contributed by atoms with E-state index in [2.05, 4.69) is 5.32 Å². The van der Waals surface area contributed by atoms with Gasteiger partial charge in [0.25, 0.3) is 0 Å². The van der Waals surface area contributed by atoms with E-state index in [4.69, 9.17) is 43.6 Å². The van der Waals surface area contributed by atoms with Gasteiger partial charge in [0.2, 0.25) is 5.91 Å². The first-order chi connectivity index (χ1) is 26.1. The van der Waals surface area contributed by atoms with Crippen molar-refractivity contribution in [2.45, 2.75) is 175 Å². The zero-order chi connectivity index (χ0) is 42.0. The topological polar surface area (TPSA) is 372 Å². The van der Waals surface area contributed by atoms with Gasteiger partial charge >= 0.3 is 0 Å². The Kier molecular flexibility index (Phi) is 16.3. The molecule has 4 rings (SSSR count). The first kappa shape index (κ1) is 47.3. The summed E-state index contributed by atoms with van der Waals surface area (Å²) < 4.78 is 45.7. The monoisotopic (exact) mass is 820 g/mol. The van der Waals surface area contributed by atoms with Gasteiger partial charge in [0.15, 0.2) is 25.2 Å². The molecule has 328 valence electrons. The molecule has 12 unspecified atom stereocenters. The van der Waals surface area contributed by atoms with Crippen LogP contribution in [0, 0.1) is 0 Å². The van der Waals surface area contributed by atoms with Crippen LogP contribution in [0.15, 0.2) is 0 Å². The van der Waals surface area contributed by atoms with Gasteiger partial charge in [-0.15, -0.1) is 0 Å². The summed E-state index contributed by atoms with van der Waals surface area (Å²) in [7, 11) is 0. The standard InChI is InChI=1S/C33H60N2O21/c1-11(40)35-16-19(43)17(41)12(6-36)49-28(16)55-27-18(42)13(7-37)50-30(24(27)48)54-25-14(8-38)51-29(22(46)20(25)44)53-26-15(9-39)52-31(23(47)21(26)45)56-33(4,5)10-32(2,3)34/h12-31,36-39,41-48H,6-10,34H2,1-5H3,(H,35,40)/t12?,13?,14?,15?,16?,17-,18-,19?,20?,21?,22?,23?,24?,25-,26+,27?,28-,29-,30+,31-/m0/s1. The molecule has 4 heterocycles. The van der Waals surface area contributed by atoms with Crippen LogP contribution >= 0.6 is 0 Å². The summed E-state index contributed by atoms with van der Waals surface area (Å²) in [6.07, 6.45) is -32.6. The van der Waals surface area contributed by atoms with Gasteiger partial charge in [-0.2, -0.15) is 0 Å². The Hall–Kier alpha value is -1.37. The van der Waals surface area contributed by atoms with Gasteiger partial charge in [-0.05, 0) is 34.1 Å². The Morgan fingerprint density at radius 2 is 0.964 bits per heavy atom. The van der Waals surface area contributed by atoms with E-state index in [1.165, 1.54) is 0 Å². The molecular formula is C33H60N2O21. The summed E-state index contributed by atoms with van der Waals surface area (Å²) in [6.45, 7) is 4.62. The third kappa shape index (κ3) is 10.9. The summed E-state index contributed by atoms with van der Waals surface area (Å²) in [5, 5.41) is 130. The van der Waals surface area contributed by atoms with Crippen LogP contribution in [-0.2, 0) is 42.7 Å². The molecule has 56 heavy (non-hydrogen) atoms. The van der Waals surface area contributed by atoms with Gasteiger partial charge in [0, 0.05) is 12.5 Å². The maximum absolute atomic E-state index is 11.9. The van der Waals surface area contributed by atoms with E-state index in [0.717, 1.165) is 6.92 Å². The van der Waals surface area contributed by atoms with Crippen LogP contribution in [0.1, 0.15) is 41.0 Å². The van der Waals surface area contributed by atoms with Crippen LogP contribution < -0.4 is 11.1 Å². The van der Waals surface area contributed by atoms with Crippen molar-refractivity contribution in [2.75, 3.05) is 26.4 Å². The zero-order valence-electron chi connectivity index (χ0n) is 31.7. The average Bonchev–Trinajstić information content (AvgIpc) is 3.11. The molecular weight excluding hydrogens is 760 g/mol. The summed E-state index contributed by atoms with van der Waals surface area (Å²) in [5.74, 6) is -0.691. The SMILES string of the molecule is CC(=O)NC1C(O)[C@@H](O)C(CO)O[C@H]1OC1C(O)[C@@H](O[C@H]2C(CO)O[C@@H](O[C@@H]3C(CO)O[C@@H](OC(C)(C)CC(C)(C)N)C(O)C3O)C(O)C2O)OC(CO)[C@@H]1O. The average molecular weight is 821 g/mol. The molecule has 0 spiro atoms. The van der Waals surface area contributed by atoms with E-state index in [1.54, 1.807) is 27.7 Å². The smallest absolute Gasteiger partial charge is 0.217 e. The predicted octanol–water partition coefficient (Wildman–Crippen LogP) is -7.67. The fraction of sp³-hybridized carbons (Fsp3) is 0.970. The van der Waals surface area contributed by atoms with Crippen molar-refractivity contribution in [2.24, 2.45) is 5.73 Å². The highest BCUT2D eigenvalue weighted by molar-refractivity contribution is 5.73. The Morgan fingerprint density at radius 1 is 0.554 bits per heavy atom. The van der Waals surface area contributed by atoms with E-state index >= 15 is 0 Å². The quantitative estimate of drug-likeness (QED) is 0.0729. The second-order valence-electron chi connectivity index (χ2n) is 15.9. The van der Waals surface area contributed by atoms with Crippen molar-refractivity contribution in [3.63, 3.8) is 0 Å². The Bertz CT molecular complexity index is 1240. The van der Waals surface area contributed by atoms with Crippen LogP contribution in [0.2, 0.25) is 0 Å². The minimum Gasteiger partial charge on any atom is -0.394 e. The summed E-state index contributed by atoms with van der Waals surface area (Å²) in [4.78, 5) is 11.9. The number of nitrogens with two attached hydrogens (primary N) is 1. The first-order valence-electron chi connectivity index (χ1n) is 18.3. The maximum atomic E-state index is 11.9. The third-order valence-electron chi connectivity index (χ3n) is 9.90. The number of aliphatic hydroxyl groups excluding tert-OH is 12. The van der Waals surface area contributed by atoms with E-state index < -0.39 is 166 Å². The molecule has 20 atom stereocenters. The molecule has 4 aliphatic rings. The van der Waals surface area contributed by atoms with Crippen LogP contribution in [0.5, 0.6) is 0 Å². The van der Waals surface area contributed by atoms with Gasteiger partial charge in [-0.3, -0.25) is 4.79 Å². The zero-order valence-corrected chi connectivity index (χ0v) is 31.7. The Morgan fingerprint density at radius 3 is 1.45 bits per heavy atom. The fourth-order valence-electron chi connectivity index (χ4n) is 7.48. The minimum atomic E-state index is -2.03. The number of hydrogen-bond donors (Lipinski definition) is 14. The molecule has 0 radical (unpaired) electrons. The van der Waals surface area contributed by atoms with E-state index in [1.807, 2.05) is 0 Å². The highest BCUT2D eigenvalue weighted by Crippen LogP contribution is 2.35. The lowest BCUT2D eigenvalue weighted by atomic mass is 9.90. The van der Waals surface area contributed by atoms with Crippen molar-refractivity contribution in [1.29, 1.82) is 0 Å². The molecule has 4 fully saturated rings. The second-order valence-corrected chi connectivity index (χ2v) is 15.9. The van der Waals surface area contributed by atoms with Gasteiger partial charge in [0.05, 0.1) is 32.0 Å². The molecule has 0 bridgehead atoms. The van der Waals surface area contributed by atoms with Crippen molar-refractivity contribution < 1.29 is 104 Å². The van der Waals surface area contributed by atoms with Crippen molar-refractivity contribution >= 4 is 5.91 Å². The van der Waals surface area contributed by atoms with Crippen LogP contribution in [0.25, 0.3) is 0 Å². The van der Waals surface area contributed by atoms with Gasteiger partial charge in [-0.25, -0.2) is 0 Å². The Balaban J connectivity index is 1.48. The largest absolute Gasteiger partial charge is 0.394 e. The number of aliphatic hydroxyl groups is 12. The van der Waals surface area contributed by atoms with E-state index in [-0.39, 0.29) is 0 Å². The number of amides is 1. The molecule has 4 saturated heterocycles. The third-order valence-corrected chi connectivity index (χ3v) is 9.90. The van der Waals surface area contributed by atoms with Crippen LogP contribution in [0.4, 0.5) is 0 Å². The highest BCUT2D eigenvalue weighted by Gasteiger charge is 2.56. The molecule has 0 aromatic rings. The van der Waals surface area contributed by atoms with Gasteiger partial charge < -0.3 is 110 Å². The second kappa shape index (κ2) is 19.3. The molecule has 23 nitrogen and oxygen atoms in total. The normalized spacial score (nSPS) is 45.4. The molecule has 1 amide bonds. The Labute approximate surface area is 322 Å². The van der Waals surface area contributed by atoms with Gasteiger partial charge in [-0.1, -0.05) is 0 Å². The number of carbonyl (C=O) groups excluding carboxylic acids is 1. The molecule has 4 aliphatic heterocycles. The minimum absolute atomic E-state index is 0.310. The van der Waals surface area contributed by atoms with E-state index in [9.17, 15) is 66.1 Å². The number of nitrogens with one attached hydrogen (secondary N) is 1. The summed E-state index contributed by atoms with van der Waals surface area (Å²) >= 11 is 0. The summed E-state index contributed by atoms with van der Waals surface area (Å²) in [6, 6.07) is -1.49. The predicted molar refractivity (Wildman–Crippen MR) is 181 cm³/mol. The van der Waals surface area contributed by atoms with E-state index in [0.29, 0.717) is 6.42 Å². The maximum Gasteiger partial charge on any atom is 0.217 e. The van der Waals surface area contributed by atoms with Crippen LogP contribution in [-0.4, -0.2) is 228 Å². The molecule has 0 saturated carbocycles. The first-order valence-corrected chi connectivity index (χ1v) is 18.3. The van der Waals surface area contributed by atoms with Crippen molar-refractivity contribution in [1.82, 2.24) is 5.32 Å². The lowest BCUT2D eigenvalue weighted by molar-refractivity contribution is -0.388. The molecule has 0 aromatic heterocycles. The van der Waals surface area contributed by atoms with Crippen LogP contribution in [0.3, 0.4) is 0 Å². The number of rotatable bonds is 15. The van der Waals surface area contributed by atoms with Crippen molar-refractivity contribution in [3.8, 4) is 0 Å². The fourth-order valence-corrected chi connectivity index (χ4v) is 7.48. The molecule has 23 heteroatoms. The molecule has 0 aromatic carbocycles. The number of ether oxygens (including phenoxy) is 8. The lowest BCUT2D eigenvalue weighted by Crippen LogP contribution is -2.69. The van der Waals surface area contributed by atoms with Gasteiger partial charge in [0.1, 0.15) is 97.6 Å². The number of hydrogen-bond acceptors (Lipinski definition) is 22. The molecule has 0 aliphatic carbocycles. The molecule has 15 N–H and O–H groups in total. The van der Waals surface area contributed by atoms with Crippen molar-refractivity contribution in [3.05, 3.63) is 0 Å². The number of carbonyl (C=O) groups is 1. The lowest BCUT2D eigenvalue weighted by Gasteiger charge is -2.49.